The minimum absolute atomic E-state index is 0. The van der Waals surface area contributed by atoms with Gasteiger partial charge in [0.15, 0.2) is 17.6 Å². The van der Waals surface area contributed by atoms with Gasteiger partial charge in [0.2, 0.25) is 0 Å². The monoisotopic (exact) mass is 538 g/mol. The van der Waals surface area contributed by atoms with Crippen molar-refractivity contribution < 1.29 is 13.9 Å². The first-order valence-corrected chi connectivity index (χ1v) is 10.8. The summed E-state index contributed by atoms with van der Waals surface area (Å²) in [6.07, 6.45) is 3.72. The molecule has 1 aliphatic rings. The third-order valence-corrected chi connectivity index (χ3v) is 6.17. The number of aliphatic hydroxyl groups is 1. The van der Waals surface area contributed by atoms with Crippen LogP contribution in [0.15, 0.2) is 23.2 Å². The molecule has 1 heterocycles. The lowest BCUT2D eigenvalue weighted by Gasteiger charge is -2.29. The van der Waals surface area contributed by atoms with Crippen molar-refractivity contribution in [2.45, 2.75) is 46.5 Å². The molecule has 30 heavy (non-hydrogen) atoms. The van der Waals surface area contributed by atoms with E-state index in [-0.39, 0.29) is 36.0 Å². The number of aliphatic hydroxyl groups excluding tert-OH is 1. The number of nitrogens with one attached hydrogen (secondary N) is 2. The number of benzene rings is 1. The summed E-state index contributed by atoms with van der Waals surface area (Å²) in [5.74, 6) is -0.410. The van der Waals surface area contributed by atoms with E-state index in [9.17, 15) is 13.9 Å². The minimum Gasteiger partial charge on any atom is -0.396 e. The van der Waals surface area contributed by atoms with Crippen molar-refractivity contribution >= 4 is 35.6 Å². The van der Waals surface area contributed by atoms with E-state index in [4.69, 9.17) is 4.99 Å². The molecule has 0 saturated carbocycles. The van der Waals surface area contributed by atoms with E-state index in [1.165, 1.54) is 12.1 Å². The molecule has 2 rings (SSSR count). The maximum atomic E-state index is 13.5. The quantitative estimate of drug-likeness (QED) is 0.238. The van der Waals surface area contributed by atoms with Crippen LogP contribution in [0.4, 0.5) is 14.5 Å². The van der Waals surface area contributed by atoms with Gasteiger partial charge in [0.25, 0.3) is 0 Å². The zero-order valence-corrected chi connectivity index (χ0v) is 20.7. The Morgan fingerprint density at radius 3 is 2.53 bits per heavy atom. The highest BCUT2D eigenvalue weighted by molar-refractivity contribution is 14.0. The average molecular weight is 538 g/mol. The van der Waals surface area contributed by atoms with Crippen LogP contribution in [0.2, 0.25) is 0 Å². The molecule has 0 aromatic heterocycles. The van der Waals surface area contributed by atoms with Gasteiger partial charge in [0.1, 0.15) is 0 Å². The summed E-state index contributed by atoms with van der Waals surface area (Å²) in [5, 5.41) is 16.1. The summed E-state index contributed by atoms with van der Waals surface area (Å²) in [6, 6.07) is 4.09. The number of halogens is 3. The Morgan fingerprint density at radius 2 is 1.93 bits per heavy atom. The van der Waals surface area contributed by atoms with Crippen LogP contribution in [-0.2, 0) is 0 Å². The largest absolute Gasteiger partial charge is 0.396 e. The summed E-state index contributed by atoms with van der Waals surface area (Å²) in [7, 11) is 0. The molecule has 1 fully saturated rings. The molecular formula is C22H37F2IN4O. The van der Waals surface area contributed by atoms with Gasteiger partial charge in [-0.3, -0.25) is 4.99 Å². The summed E-state index contributed by atoms with van der Waals surface area (Å²) in [6.45, 7) is 10.4. The minimum atomic E-state index is -0.811. The standard InChI is InChI=1S/C22H36F2N4O.HI/c1-4-22(5-2,10-12-29)16-27-21(25-6-3)26-14-17-9-11-28(15-17)18-7-8-19(23)20(24)13-18;/h7-8,13,17,29H,4-6,9-12,14-16H2,1-3H3,(H2,25,26,27);1H. The Bertz CT molecular complexity index is 671. The second-order valence-electron chi connectivity index (χ2n) is 7.96. The lowest BCUT2D eigenvalue weighted by molar-refractivity contribution is 0.175. The van der Waals surface area contributed by atoms with Crippen LogP contribution in [0.5, 0.6) is 0 Å². The molecular weight excluding hydrogens is 501 g/mol. The molecule has 0 aliphatic carbocycles. The average Bonchev–Trinajstić information content (AvgIpc) is 3.20. The van der Waals surface area contributed by atoms with Gasteiger partial charge in [-0.05, 0) is 56.1 Å². The summed E-state index contributed by atoms with van der Waals surface area (Å²) < 4.78 is 26.7. The highest BCUT2D eigenvalue weighted by atomic mass is 127. The smallest absolute Gasteiger partial charge is 0.191 e. The van der Waals surface area contributed by atoms with Gasteiger partial charge in [-0.1, -0.05) is 13.8 Å². The van der Waals surface area contributed by atoms with Crippen molar-refractivity contribution in [2.24, 2.45) is 16.3 Å². The Labute approximate surface area is 196 Å². The van der Waals surface area contributed by atoms with Gasteiger partial charge in [-0.2, -0.15) is 0 Å². The van der Waals surface area contributed by atoms with Crippen molar-refractivity contribution in [3.8, 4) is 0 Å². The van der Waals surface area contributed by atoms with E-state index in [0.29, 0.717) is 12.5 Å². The SMILES string of the molecule is CCNC(=NCC(CC)(CC)CCO)NCC1CCN(c2ccc(F)c(F)c2)C1.I. The predicted octanol–water partition coefficient (Wildman–Crippen LogP) is 4.15. The Kier molecular flexibility index (Phi) is 11.9. The fourth-order valence-corrected chi connectivity index (χ4v) is 3.89. The predicted molar refractivity (Wildman–Crippen MR) is 131 cm³/mol. The topological polar surface area (TPSA) is 59.9 Å². The molecule has 3 N–H and O–H groups in total. The number of rotatable bonds is 10. The van der Waals surface area contributed by atoms with Crippen LogP contribution in [0.3, 0.4) is 0 Å². The lowest BCUT2D eigenvalue weighted by Crippen LogP contribution is -2.41. The molecule has 1 aliphatic heterocycles. The first-order valence-electron chi connectivity index (χ1n) is 10.8. The van der Waals surface area contributed by atoms with Crippen LogP contribution in [0, 0.1) is 23.0 Å². The zero-order valence-electron chi connectivity index (χ0n) is 18.4. The Morgan fingerprint density at radius 1 is 1.20 bits per heavy atom. The van der Waals surface area contributed by atoms with Gasteiger partial charge < -0.3 is 20.6 Å². The third kappa shape index (κ3) is 7.51. The number of aliphatic imine (C=N–C) groups is 1. The number of guanidine groups is 1. The van der Waals surface area contributed by atoms with Crippen molar-refractivity contribution in [2.75, 3.05) is 44.2 Å². The number of nitrogens with zero attached hydrogens (tertiary/aromatic N) is 2. The van der Waals surface area contributed by atoms with E-state index in [2.05, 4.69) is 29.4 Å². The fraction of sp³-hybridized carbons (Fsp3) is 0.682. The highest BCUT2D eigenvalue weighted by Crippen LogP contribution is 2.30. The van der Waals surface area contributed by atoms with Crippen molar-refractivity contribution in [1.82, 2.24) is 10.6 Å². The van der Waals surface area contributed by atoms with Crippen LogP contribution in [0.25, 0.3) is 0 Å². The highest BCUT2D eigenvalue weighted by Gasteiger charge is 2.26. The molecule has 172 valence electrons. The summed E-state index contributed by atoms with van der Waals surface area (Å²) in [5.41, 5.74) is 0.764. The van der Waals surface area contributed by atoms with E-state index < -0.39 is 11.6 Å². The van der Waals surface area contributed by atoms with Crippen molar-refractivity contribution in [3.63, 3.8) is 0 Å². The molecule has 0 bridgehead atoms. The first-order chi connectivity index (χ1) is 14.0. The van der Waals surface area contributed by atoms with Gasteiger partial charge in [0.05, 0.1) is 0 Å². The van der Waals surface area contributed by atoms with Gasteiger partial charge >= 0.3 is 0 Å². The first kappa shape index (κ1) is 26.9. The second kappa shape index (κ2) is 13.3. The van der Waals surface area contributed by atoms with E-state index in [1.54, 1.807) is 6.07 Å². The van der Waals surface area contributed by atoms with Crippen LogP contribution in [0.1, 0.15) is 46.5 Å². The molecule has 0 amide bonds. The normalized spacial score (nSPS) is 17.1. The van der Waals surface area contributed by atoms with Gasteiger partial charge in [-0.25, -0.2) is 8.78 Å². The second-order valence-corrected chi connectivity index (χ2v) is 7.96. The van der Waals surface area contributed by atoms with Crippen molar-refractivity contribution in [3.05, 3.63) is 29.8 Å². The molecule has 1 saturated heterocycles. The Hall–Kier alpha value is -1.16. The number of hydrogen-bond acceptors (Lipinski definition) is 3. The molecule has 1 unspecified atom stereocenters. The lowest BCUT2D eigenvalue weighted by atomic mass is 9.79. The summed E-state index contributed by atoms with van der Waals surface area (Å²) >= 11 is 0. The molecule has 1 aromatic carbocycles. The van der Waals surface area contributed by atoms with Crippen LogP contribution < -0.4 is 15.5 Å². The maximum Gasteiger partial charge on any atom is 0.191 e. The fourth-order valence-electron chi connectivity index (χ4n) is 3.89. The zero-order chi connectivity index (χ0) is 21.3. The molecule has 1 aromatic rings. The maximum absolute atomic E-state index is 13.5. The molecule has 0 spiro atoms. The summed E-state index contributed by atoms with van der Waals surface area (Å²) in [4.78, 5) is 6.88. The van der Waals surface area contributed by atoms with Gasteiger partial charge in [-0.15, -0.1) is 24.0 Å². The van der Waals surface area contributed by atoms with Crippen LogP contribution >= 0.6 is 24.0 Å². The van der Waals surface area contributed by atoms with E-state index in [0.717, 1.165) is 63.5 Å². The van der Waals surface area contributed by atoms with Crippen molar-refractivity contribution in [1.29, 1.82) is 0 Å². The molecule has 8 heteroatoms. The molecule has 1 atom stereocenters. The molecule has 5 nitrogen and oxygen atoms in total. The van der Waals surface area contributed by atoms with E-state index >= 15 is 0 Å². The Balaban J connectivity index is 0.00000450. The number of hydrogen-bond donors (Lipinski definition) is 3. The third-order valence-electron chi connectivity index (χ3n) is 6.17. The van der Waals surface area contributed by atoms with Gasteiger partial charge in [0, 0.05) is 51.1 Å². The molecule has 0 radical (unpaired) electrons. The number of anilines is 1. The van der Waals surface area contributed by atoms with Crippen LogP contribution in [-0.4, -0.2) is 50.4 Å². The van der Waals surface area contributed by atoms with E-state index in [1.807, 2.05) is 6.92 Å².